The highest BCUT2D eigenvalue weighted by molar-refractivity contribution is 6.53. The molecule has 222 valence electrons. The van der Waals surface area contributed by atoms with E-state index in [1.807, 2.05) is 26.0 Å². The molecule has 1 N–H and O–H groups in total. The Morgan fingerprint density at radius 1 is 0.837 bits per heavy atom. The van der Waals surface area contributed by atoms with Crippen molar-refractivity contribution in [2.45, 2.75) is 39.5 Å². The summed E-state index contributed by atoms with van der Waals surface area (Å²) in [4.78, 5) is 38.8. The Morgan fingerprint density at radius 2 is 1.44 bits per heavy atom. The summed E-state index contributed by atoms with van der Waals surface area (Å²) >= 11 is 0. The maximum atomic E-state index is 13.2. The first-order valence-corrected chi connectivity index (χ1v) is 14.2. The van der Waals surface area contributed by atoms with E-state index in [4.69, 9.17) is 9.47 Å². The number of benzene rings is 2. The number of amides is 1. The molecule has 0 atom stereocenters. The van der Waals surface area contributed by atoms with E-state index in [2.05, 4.69) is 10.2 Å². The first-order valence-electron chi connectivity index (χ1n) is 14.2. The van der Waals surface area contributed by atoms with E-state index in [0.29, 0.717) is 24.2 Å². The third-order valence-electron chi connectivity index (χ3n) is 6.37. The summed E-state index contributed by atoms with van der Waals surface area (Å²) in [5, 5.41) is 20.7. The second-order valence-corrected chi connectivity index (χ2v) is 9.54. The highest BCUT2D eigenvalue weighted by atomic mass is 16.5. The SMILES string of the molecule is CCCCOC(=O)C1=NN(c2ccccc2)C(=O)\C1=C/C=C/C=C/c1c(C(=O)OCCCC)nn(-c2ccccc2)c1O. The van der Waals surface area contributed by atoms with Gasteiger partial charge in [0.05, 0.1) is 35.7 Å². The molecule has 10 nitrogen and oxygen atoms in total. The fourth-order valence-electron chi connectivity index (χ4n) is 4.06. The average Bonchev–Trinajstić information content (AvgIpc) is 3.54. The topological polar surface area (TPSA) is 123 Å². The van der Waals surface area contributed by atoms with Crippen LogP contribution in [-0.4, -0.2) is 51.7 Å². The number of aromatic hydroxyl groups is 1. The number of aromatic nitrogens is 2. The van der Waals surface area contributed by atoms with Gasteiger partial charge in [-0.1, -0.05) is 81.3 Å². The van der Waals surface area contributed by atoms with Crippen LogP contribution < -0.4 is 5.01 Å². The van der Waals surface area contributed by atoms with E-state index in [1.165, 1.54) is 21.8 Å². The number of rotatable bonds is 13. The molecule has 0 radical (unpaired) electrons. The second-order valence-electron chi connectivity index (χ2n) is 9.54. The third-order valence-corrected chi connectivity index (χ3v) is 6.37. The van der Waals surface area contributed by atoms with Gasteiger partial charge in [-0.15, -0.1) is 0 Å². The van der Waals surface area contributed by atoms with Gasteiger partial charge in [0.25, 0.3) is 5.91 Å². The van der Waals surface area contributed by atoms with Crippen LogP contribution in [0.5, 0.6) is 5.88 Å². The lowest BCUT2D eigenvalue weighted by atomic mass is 10.1. The number of hydrazone groups is 1. The fourth-order valence-corrected chi connectivity index (χ4v) is 4.06. The predicted molar refractivity (Wildman–Crippen MR) is 164 cm³/mol. The van der Waals surface area contributed by atoms with Crippen LogP contribution in [0.2, 0.25) is 0 Å². The van der Waals surface area contributed by atoms with E-state index >= 15 is 0 Å². The van der Waals surface area contributed by atoms with Crippen molar-refractivity contribution in [2.24, 2.45) is 5.10 Å². The number of hydrogen-bond acceptors (Lipinski definition) is 8. The summed E-state index contributed by atoms with van der Waals surface area (Å²) in [6.07, 6.45) is 10.8. The Kier molecular flexibility index (Phi) is 10.8. The molecule has 2 aromatic carbocycles. The van der Waals surface area contributed by atoms with Crippen LogP contribution >= 0.6 is 0 Å². The first-order chi connectivity index (χ1) is 21.0. The zero-order valence-electron chi connectivity index (χ0n) is 24.2. The molecule has 3 aromatic rings. The number of hydrogen-bond donors (Lipinski definition) is 1. The molecule has 1 aliphatic rings. The van der Waals surface area contributed by atoms with Crippen molar-refractivity contribution in [3.8, 4) is 11.6 Å². The standard InChI is InChI=1S/C33H34N4O6/c1-3-5-22-42-32(40)28-26(30(38)36(34-28)24-16-10-7-11-17-24)20-14-9-15-21-27-29(33(41)43-23-6-4-2)35-37(31(27)39)25-18-12-8-13-19-25/h7-21,38H,3-6,22-23H2,1-2H3/b15-9+,20-14+,27-21-. The monoisotopic (exact) mass is 582 g/mol. The lowest BCUT2D eigenvalue weighted by molar-refractivity contribution is -0.135. The van der Waals surface area contributed by atoms with Crippen LogP contribution in [-0.2, 0) is 19.1 Å². The third kappa shape index (κ3) is 7.53. The zero-order chi connectivity index (χ0) is 30.6. The largest absolute Gasteiger partial charge is 0.493 e. The first kappa shape index (κ1) is 30.7. The van der Waals surface area contributed by atoms with Crippen LogP contribution in [0, 0.1) is 0 Å². The Balaban J connectivity index is 1.60. The van der Waals surface area contributed by atoms with E-state index in [-0.39, 0.29) is 41.6 Å². The second kappa shape index (κ2) is 15.1. The normalized spacial score (nSPS) is 14.2. The predicted octanol–water partition coefficient (Wildman–Crippen LogP) is 5.78. The van der Waals surface area contributed by atoms with Crippen LogP contribution in [0.25, 0.3) is 11.8 Å². The minimum absolute atomic E-state index is 0.0332. The van der Waals surface area contributed by atoms with Crippen LogP contribution in [0.1, 0.15) is 55.6 Å². The molecule has 4 rings (SSSR count). The lowest BCUT2D eigenvalue weighted by Gasteiger charge is -2.10. The highest BCUT2D eigenvalue weighted by Gasteiger charge is 2.35. The van der Waals surface area contributed by atoms with Crippen molar-refractivity contribution in [2.75, 3.05) is 18.2 Å². The van der Waals surface area contributed by atoms with Gasteiger partial charge in [-0.25, -0.2) is 9.59 Å². The van der Waals surface area contributed by atoms with Crippen molar-refractivity contribution in [3.63, 3.8) is 0 Å². The smallest absolute Gasteiger partial charge is 0.359 e. The molecule has 10 heteroatoms. The minimum atomic E-state index is -0.681. The molecule has 0 bridgehead atoms. The number of ether oxygens (including phenoxy) is 2. The molecule has 0 fully saturated rings. The van der Waals surface area contributed by atoms with E-state index in [9.17, 15) is 19.5 Å². The number of esters is 2. The van der Waals surface area contributed by atoms with Crippen molar-refractivity contribution in [1.82, 2.24) is 9.78 Å². The quantitative estimate of drug-likeness (QED) is 0.117. The Bertz CT molecular complexity index is 1550. The number of anilines is 1. The summed E-state index contributed by atoms with van der Waals surface area (Å²) in [6.45, 7) is 4.44. The number of nitrogens with zero attached hydrogens (tertiary/aromatic N) is 4. The maximum absolute atomic E-state index is 13.2. The lowest BCUT2D eigenvalue weighted by Crippen LogP contribution is -2.23. The summed E-state index contributed by atoms with van der Waals surface area (Å²) in [5.41, 5.74) is 1.23. The number of para-hydroxylation sites is 2. The molecule has 1 amide bonds. The van der Waals surface area contributed by atoms with Gasteiger partial charge in [0, 0.05) is 0 Å². The van der Waals surface area contributed by atoms with Crippen LogP contribution in [0.3, 0.4) is 0 Å². The van der Waals surface area contributed by atoms with Crippen molar-refractivity contribution in [3.05, 3.63) is 102 Å². The van der Waals surface area contributed by atoms with Crippen molar-refractivity contribution in [1.29, 1.82) is 0 Å². The molecule has 0 saturated heterocycles. The van der Waals surface area contributed by atoms with Gasteiger partial charge < -0.3 is 14.6 Å². The Morgan fingerprint density at radius 3 is 2.07 bits per heavy atom. The van der Waals surface area contributed by atoms with E-state index in [0.717, 1.165) is 12.8 Å². The molecular formula is C33H34N4O6. The number of allylic oxidation sites excluding steroid dienone is 4. The van der Waals surface area contributed by atoms with Gasteiger partial charge in [0.1, 0.15) is 0 Å². The molecule has 1 aliphatic heterocycles. The zero-order valence-corrected chi connectivity index (χ0v) is 24.2. The number of carbonyl (C=O) groups excluding carboxylic acids is 3. The molecule has 2 heterocycles. The summed E-state index contributed by atoms with van der Waals surface area (Å²) in [6, 6.07) is 17.7. The fraction of sp³-hybridized carbons (Fsp3) is 0.242. The van der Waals surface area contributed by atoms with Gasteiger partial charge >= 0.3 is 11.9 Å². The van der Waals surface area contributed by atoms with Crippen molar-refractivity contribution >= 4 is 35.3 Å². The molecule has 1 aromatic heterocycles. The van der Waals surface area contributed by atoms with E-state index in [1.54, 1.807) is 66.8 Å². The van der Waals surface area contributed by atoms with Crippen molar-refractivity contribution < 1.29 is 29.0 Å². The molecule has 0 unspecified atom stereocenters. The Labute approximate surface area is 250 Å². The van der Waals surface area contributed by atoms with Gasteiger partial charge in [-0.05, 0) is 49.3 Å². The van der Waals surface area contributed by atoms with Crippen LogP contribution in [0.15, 0.2) is 95.6 Å². The molecule has 0 aliphatic carbocycles. The van der Waals surface area contributed by atoms with Gasteiger partial charge in [0.15, 0.2) is 11.4 Å². The molecule has 43 heavy (non-hydrogen) atoms. The summed E-state index contributed by atoms with van der Waals surface area (Å²) < 4.78 is 11.9. The van der Waals surface area contributed by atoms with Gasteiger partial charge in [-0.3, -0.25) is 4.79 Å². The Hall–Kier alpha value is -5.25. The van der Waals surface area contributed by atoms with Gasteiger partial charge in [-0.2, -0.15) is 19.9 Å². The summed E-state index contributed by atoms with van der Waals surface area (Å²) in [5.74, 6) is -2.03. The molecule has 0 saturated carbocycles. The van der Waals surface area contributed by atoms with Gasteiger partial charge in [0.2, 0.25) is 5.88 Å². The highest BCUT2D eigenvalue weighted by Crippen LogP contribution is 2.27. The number of unbranched alkanes of at least 4 members (excludes halogenated alkanes) is 2. The molecule has 0 spiro atoms. The van der Waals surface area contributed by atoms with E-state index < -0.39 is 17.8 Å². The minimum Gasteiger partial charge on any atom is -0.493 e. The average molecular weight is 583 g/mol. The molecular weight excluding hydrogens is 548 g/mol. The summed E-state index contributed by atoms with van der Waals surface area (Å²) in [7, 11) is 0. The number of carbonyl (C=O) groups is 3. The maximum Gasteiger partial charge on any atom is 0.359 e. The van der Waals surface area contributed by atoms with Crippen LogP contribution in [0.4, 0.5) is 5.69 Å².